The Morgan fingerprint density at radius 1 is 1.03 bits per heavy atom. The molecule has 3 aromatic rings. The maximum atomic E-state index is 14.2. The number of hydrogen-bond donors (Lipinski definition) is 4. The van der Waals surface area contributed by atoms with Gasteiger partial charge >= 0.3 is 0 Å². The lowest BCUT2D eigenvalue weighted by Crippen LogP contribution is -2.43. The summed E-state index contributed by atoms with van der Waals surface area (Å²) in [6.07, 6.45) is 0.989. The number of nitrogens with two attached hydrogens (primary N) is 2. The molecule has 0 unspecified atom stereocenters. The zero-order chi connectivity index (χ0) is 23.5. The number of aromatic nitrogens is 2. The van der Waals surface area contributed by atoms with Crippen LogP contribution in [0.4, 0.5) is 27.5 Å². The van der Waals surface area contributed by atoms with Crippen LogP contribution in [0.15, 0.2) is 59.6 Å². The highest BCUT2D eigenvalue weighted by Gasteiger charge is 2.27. The van der Waals surface area contributed by atoms with E-state index >= 15 is 0 Å². The Kier molecular flexibility index (Phi) is 6.27. The Morgan fingerprint density at radius 3 is 2.16 bits per heavy atom. The Labute approximate surface area is 183 Å². The number of ether oxygens (including phenoxy) is 1. The van der Waals surface area contributed by atoms with E-state index < -0.39 is 27.3 Å². The molecule has 2 aromatic carbocycles. The summed E-state index contributed by atoms with van der Waals surface area (Å²) in [5, 5.41) is 10.8. The van der Waals surface area contributed by atoms with Gasteiger partial charge in [0, 0.05) is 11.4 Å². The zero-order valence-electron chi connectivity index (χ0n) is 17.2. The number of carbonyl (C=O) groups excluding carboxylic acids is 1. The third-order valence-corrected chi connectivity index (χ3v) is 5.20. The summed E-state index contributed by atoms with van der Waals surface area (Å²) >= 11 is 0. The molecule has 1 heterocycles. The second-order valence-corrected chi connectivity index (χ2v) is 8.77. The van der Waals surface area contributed by atoms with Crippen molar-refractivity contribution in [2.45, 2.75) is 24.3 Å². The van der Waals surface area contributed by atoms with Crippen LogP contribution in [0.1, 0.15) is 13.8 Å². The van der Waals surface area contributed by atoms with Crippen molar-refractivity contribution in [1.29, 1.82) is 0 Å². The van der Waals surface area contributed by atoms with E-state index in [0.29, 0.717) is 17.1 Å². The molecule has 1 aromatic heterocycles. The first-order chi connectivity index (χ1) is 14.9. The third kappa shape index (κ3) is 5.68. The highest BCUT2D eigenvalue weighted by molar-refractivity contribution is 7.89. The van der Waals surface area contributed by atoms with Gasteiger partial charge in [-0.25, -0.2) is 22.9 Å². The first-order valence-corrected chi connectivity index (χ1v) is 10.8. The van der Waals surface area contributed by atoms with E-state index in [1.54, 1.807) is 38.1 Å². The van der Waals surface area contributed by atoms with Gasteiger partial charge in [0.1, 0.15) is 5.75 Å². The molecule has 0 aliphatic rings. The van der Waals surface area contributed by atoms with E-state index in [0.717, 1.165) is 6.20 Å². The van der Waals surface area contributed by atoms with Crippen LogP contribution in [0, 0.1) is 5.82 Å². The van der Waals surface area contributed by atoms with Crippen LogP contribution < -0.4 is 26.2 Å². The average molecular weight is 460 g/mol. The van der Waals surface area contributed by atoms with Crippen molar-refractivity contribution in [3.8, 4) is 5.75 Å². The Bertz CT molecular complexity index is 1230. The minimum absolute atomic E-state index is 0.0444. The maximum Gasteiger partial charge on any atom is 0.261 e. The summed E-state index contributed by atoms with van der Waals surface area (Å²) in [4.78, 5) is 19.3. The van der Waals surface area contributed by atoms with Crippen LogP contribution in [0.2, 0.25) is 0 Å². The van der Waals surface area contributed by atoms with E-state index in [-0.39, 0.29) is 16.7 Å². The standard InChI is InChI=1S/C20H21FN6O4S/c1-20(2,18(22)28)31-14-7-3-12(4-8-14)25-17-16(21)11-24-19(27-17)26-13-5-9-15(10-6-13)32(23,29)30/h3-11H,1-2H3,(H2,22,28)(H2,23,29,30)(H2,24,25,26,27). The fourth-order valence-corrected chi connectivity index (χ4v) is 2.98. The van der Waals surface area contributed by atoms with Crippen LogP contribution in [-0.2, 0) is 14.8 Å². The average Bonchev–Trinajstić information content (AvgIpc) is 2.71. The zero-order valence-corrected chi connectivity index (χ0v) is 18.0. The first-order valence-electron chi connectivity index (χ1n) is 9.22. The number of amides is 1. The minimum atomic E-state index is -3.81. The molecule has 0 spiro atoms. The molecule has 0 fully saturated rings. The molecular formula is C20H21FN6O4S. The number of benzene rings is 2. The van der Waals surface area contributed by atoms with Gasteiger partial charge in [-0.1, -0.05) is 0 Å². The molecule has 6 N–H and O–H groups in total. The van der Waals surface area contributed by atoms with Gasteiger partial charge in [-0.05, 0) is 62.4 Å². The fraction of sp³-hybridized carbons (Fsp3) is 0.150. The molecule has 0 aliphatic heterocycles. The molecule has 0 saturated heterocycles. The van der Waals surface area contributed by atoms with Crippen LogP contribution in [0.25, 0.3) is 0 Å². The number of sulfonamides is 1. The number of anilines is 4. The van der Waals surface area contributed by atoms with E-state index in [9.17, 15) is 17.6 Å². The Morgan fingerprint density at radius 2 is 1.59 bits per heavy atom. The minimum Gasteiger partial charge on any atom is -0.478 e. The van der Waals surface area contributed by atoms with Gasteiger partial charge in [-0.3, -0.25) is 4.79 Å². The molecule has 0 bridgehead atoms. The summed E-state index contributed by atoms with van der Waals surface area (Å²) < 4.78 is 42.4. The SMILES string of the molecule is CC(C)(Oc1ccc(Nc2nc(Nc3ccc(S(N)(=O)=O)cc3)ncc2F)cc1)C(N)=O. The maximum absolute atomic E-state index is 14.2. The normalized spacial score (nSPS) is 11.6. The molecule has 32 heavy (non-hydrogen) atoms. The summed E-state index contributed by atoms with van der Waals surface area (Å²) in [7, 11) is -3.81. The van der Waals surface area contributed by atoms with Crippen molar-refractivity contribution in [2.75, 3.05) is 10.6 Å². The third-order valence-electron chi connectivity index (χ3n) is 4.27. The highest BCUT2D eigenvalue weighted by atomic mass is 32.2. The number of primary sulfonamides is 1. The summed E-state index contributed by atoms with van der Waals surface area (Å²) in [5.41, 5.74) is 5.10. The Balaban J connectivity index is 1.73. The van der Waals surface area contributed by atoms with E-state index in [1.165, 1.54) is 24.3 Å². The molecular weight excluding hydrogens is 439 g/mol. The number of nitrogens with one attached hydrogen (secondary N) is 2. The smallest absolute Gasteiger partial charge is 0.261 e. The number of carbonyl (C=O) groups is 1. The second-order valence-electron chi connectivity index (χ2n) is 7.21. The predicted molar refractivity (Wildman–Crippen MR) is 117 cm³/mol. The summed E-state index contributed by atoms with van der Waals surface area (Å²) in [6, 6.07) is 12.0. The molecule has 0 aliphatic carbocycles. The molecule has 1 amide bonds. The summed E-state index contributed by atoms with van der Waals surface area (Å²) in [6.45, 7) is 3.10. The van der Waals surface area contributed by atoms with Gasteiger partial charge in [0.2, 0.25) is 16.0 Å². The van der Waals surface area contributed by atoms with Gasteiger partial charge in [-0.15, -0.1) is 0 Å². The van der Waals surface area contributed by atoms with Gasteiger partial charge in [-0.2, -0.15) is 4.98 Å². The lowest BCUT2D eigenvalue weighted by atomic mass is 10.1. The topological polar surface area (TPSA) is 162 Å². The number of primary amides is 1. The fourth-order valence-electron chi connectivity index (χ4n) is 2.46. The Hall–Kier alpha value is -3.77. The van der Waals surface area contributed by atoms with Crippen LogP contribution in [0.3, 0.4) is 0 Å². The lowest BCUT2D eigenvalue weighted by Gasteiger charge is -2.22. The van der Waals surface area contributed by atoms with Crippen molar-refractivity contribution in [3.63, 3.8) is 0 Å². The quantitative estimate of drug-likeness (QED) is 0.398. The lowest BCUT2D eigenvalue weighted by molar-refractivity contribution is -0.130. The van der Waals surface area contributed by atoms with Crippen molar-refractivity contribution in [1.82, 2.24) is 9.97 Å². The molecule has 168 valence electrons. The number of nitrogens with zero attached hydrogens (tertiary/aromatic N) is 2. The molecule has 3 rings (SSSR count). The second kappa shape index (κ2) is 8.77. The van der Waals surface area contributed by atoms with E-state index in [2.05, 4.69) is 20.6 Å². The molecule has 0 saturated carbocycles. The first kappa shape index (κ1) is 22.9. The van der Waals surface area contributed by atoms with Crippen LogP contribution in [-0.4, -0.2) is 29.9 Å². The van der Waals surface area contributed by atoms with E-state index in [1.807, 2.05) is 0 Å². The molecule has 0 atom stereocenters. The number of rotatable bonds is 8. The monoisotopic (exact) mass is 460 g/mol. The van der Waals surface area contributed by atoms with Crippen molar-refractivity contribution in [2.24, 2.45) is 10.9 Å². The summed E-state index contributed by atoms with van der Waals surface area (Å²) in [5.74, 6) is -0.889. The highest BCUT2D eigenvalue weighted by Crippen LogP contribution is 2.24. The van der Waals surface area contributed by atoms with Gasteiger partial charge in [0.15, 0.2) is 17.2 Å². The van der Waals surface area contributed by atoms with Crippen molar-refractivity contribution < 1.29 is 22.3 Å². The van der Waals surface area contributed by atoms with Gasteiger partial charge in [0.05, 0.1) is 11.1 Å². The van der Waals surface area contributed by atoms with Crippen molar-refractivity contribution >= 4 is 39.1 Å². The van der Waals surface area contributed by atoms with Crippen molar-refractivity contribution in [3.05, 3.63) is 60.5 Å². The molecule has 0 radical (unpaired) electrons. The van der Waals surface area contributed by atoms with Gasteiger partial charge in [0.25, 0.3) is 5.91 Å². The predicted octanol–water partition coefficient (Wildman–Crippen LogP) is 2.39. The van der Waals surface area contributed by atoms with Crippen LogP contribution >= 0.6 is 0 Å². The number of hydrogen-bond acceptors (Lipinski definition) is 8. The number of halogens is 1. The van der Waals surface area contributed by atoms with E-state index in [4.69, 9.17) is 15.6 Å². The molecule has 12 heteroatoms. The largest absolute Gasteiger partial charge is 0.478 e. The molecule has 10 nitrogen and oxygen atoms in total. The van der Waals surface area contributed by atoms with Crippen LogP contribution in [0.5, 0.6) is 5.75 Å². The van der Waals surface area contributed by atoms with Gasteiger partial charge < -0.3 is 21.1 Å².